The smallest absolute Gasteiger partial charge is 0.228 e. The van der Waals surface area contributed by atoms with E-state index in [-0.39, 0.29) is 11.8 Å². The third-order valence-corrected chi connectivity index (χ3v) is 4.56. The van der Waals surface area contributed by atoms with Crippen LogP contribution in [0.15, 0.2) is 48.5 Å². The van der Waals surface area contributed by atoms with Crippen LogP contribution >= 0.6 is 11.5 Å². The molecule has 1 N–H and O–H groups in total. The molecule has 2 atom stereocenters. The van der Waals surface area contributed by atoms with Gasteiger partial charge in [-0.1, -0.05) is 34.8 Å². The molecular formula is C16H13N3OS. The van der Waals surface area contributed by atoms with E-state index < -0.39 is 0 Å². The average Bonchev–Trinajstić information content (AvgIpc) is 3.19. The predicted octanol–water partition coefficient (Wildman–Crippen LogP) is 3.43. The molecule has 1 fully saturated rings. The molecule has 1 saturated carbocycles. The highest BCUT2D eigenvalue weighted by molar-refractivity contribution is 7.12. The zero-order chi connectivity index (χ0) is 14.2. The fourth-order valence-corrected chi connectivity index (χ4v) is 3.24. The second-order valence-electron chi connectivity index (χ2n) is 5.30. The lowest BCUT2D eigenvalue weighted by Gasteiger charge is -2.05. The van der Waals surface area contributed by atoms with Gasteiger partial charge in [-0.25, -0.2) is 0 Å². The van der Waals surface area contributed by atoms with Crippen molar-refractivity contribution in [2.75, 3.05) is 5.32 Å². The molecule has 1 amide bonds. The monoisotopic (exact) mass is 295 g/mol. The Morgan fingerprint density at radius 3 is 2.90 bits per heavy atom. The van der Waals surface area contributed by atoms with E-state index in [0.717, 1.165) is 22.3 Å². The molecule has 0 saturated heterocycles. The molecule has 1 aliphatic carbocycles. The summed E-state index contributed by atoms with van der Waals surface area (Å²) in [5, 5.41) is 6.99. The Bertz CT molecular complexity index is 799. The highest BCUT2D eigenvalue weighted by atomic mass is 32.1. The largest absolute Gasteiger partial charge is 0.326 e. The fourth-order valence-electron chi connectivity index (χ4n) is 2.64. The van der Waals surface area contributed by atoms with Gasteiger partial charge in [0.2, 0.25) is 5.91 Å². The summed E-state index contributed by atoms with van der Waals surface area (Å²) < 4.78 is 4.89. The summed E-state index contributed by atoms with van der Waals surface area (Å²) in [7, 11) is 0. The van der Waals surface area contributed by atoms with E-state index in [0.29, 0.717) is 5.92 Å². The van der Waals surface area contributed by atoms with Gasteiger partial charge < -0.3 is 5.32 Å². The molecule has 0 aliphatic heterocycles. The first-order chi connectivity index (χ1) is 10.3. The number of nitrogens with zero attached hydrogens (tertiary/aromatic N) is 2. The first-order valence-corrected chi connectivity index (χ1v) is 7.66. The van der Waals surface area contributed by atoms with Gasteiger partial charge >= 0.3 is 0 Å². The van der Waals surface area contributed by atoms with Crippen LogP contribution in [-0.4, -0.2) is 15.5 Å². The fraction of sp³-hybridized carbons (Fsp3) is 0.188. The van der Waals surface area contributed by atoms with Gasteiger partial charge in [-0.05, 0) is 47.6 Å². The lowest BCUT2D eigenvalue weighted by atomic mass is 10.1. The van der Waals surface area contributed by atoms with E-state index >= 15 is 0 Å². The van der Waals surface area contributed by atoms with E-state index in [9.17, 15) is 4.79 Å². The first kappa shape index (κ1) is 12.5. The van der Waals surface area contributed by atoms with Crippen molar-refractivity contribution in [3.05, 3.63) is 54.1 Å². The van der Waals surface area contributed by atoms with Gasteiger partial charge in [0.25, 0.3) is 0 Å². The lowest BCUT2D eigenvalue weighted by Crippen LogP contribution is -2.14. The topological polar surface area (TPSA) is 54.9 Å². The second-order valence-corrected chi connectivity index (χ2v) is 6.09. The summed E-state index contributed by atoms with van der Waals surface area (Å²) in [6.45, 7) is 0. The molecular weight excluding hydrogens is 282 g/mol. The average molecular weight is 295 g/mol. The predicted molar refractivity (Wildman–Crippen MR) is 83.3 cm³/mol. The van der Waals surface area contributed by atoms with Crippen molar-refractivity contribution >= 4 is 33.3 Å². The molecule has 3 aromatic rings. The van der Waals surface area contributed by atoms with Crippen LogP contribution in [0.5, 0.6) is 0 Å². The van der Waals surface area contributed by atoms with Crippen molar-refractivity contribution in [3.8, 4) is 0 Å². The minimum atomic E-state index is 0.0858. The summed E-state index contributed by atoms with van der Waals surface area (Å²) in [6, 6.07) is 15.9. The van der Waals surface area contributed by atoms with Crippen molar-refractivity contribution in [1.29, 1.82) is 0 Å². The summed E-state index contributed by atoms with van der Waals surface area (Å²) in [5.74, 6) is 0.545. The molecule has 5 heteroatoms. The van der Waals surface area contributed by atoms with Crippen LogP contribution in [0.25, 0.3) is 10.2 Å². The van der Waals surface area contributed by atoms with Crippen molar-refractivity contribution < 1.29 is 4.79 Å². The molecule has 0 spiro atoms. The number of anilines is 1. The number of rotatable bonds is 3. The van der Waals surface area contributed by atoms with Gasteiger partial charge in [0.1, 0.15) is 5.52 Å². The van der Waals surface area contributed by atoms with E-state index in [1.807, 2.05) is 36.4 Å². The molecule has 1 aromatic heterocycles. The number of hydrogen-bond donors (Lipinski definition) is 1. The number of hydrogen-bond acceptors (Lipinski definition) is 4. The SMILES string of the molecule is O=C(Nc1ccc2nnsc2c1)[C@@H]1CC1c1ccccc1. The van der Waals surface area contributed by atoms with Crippen LogP contribution in [0.1, 0.15) is 17.9 Å². The Morgan fingerprint density at radius 1 is 1.19 bits per heavy atom. The summed E-state index contributed by atoms with van der Waals surface area (Å²) >= 11 is 1.34. The number of nitrogens with one attached hydrogen (secondary N) is 1. The standard InChI is InChI=1S/C16H13N3OS/c20-16(13-9-12(13)10-4-2-1-3-5-10)17-11-6-7-14-15(8-11)21-19-18-14/h1-8,12-13H,9H2,(H,17,20)/t12?,13-/m1/s1. The van der Waals surface area contributed by atoms with E-state index in [4.69, 9.17) is 0 Å². The summed E-state index contributed by atoms with van der Waals surface area (Å²) in [4.78, 5) is 12.3. The maximum absolute atomic E-state index is 12.3. The van der Waals surface area contributed by atoms with Crippen molar-refractivity contribution in [2.45, 2.75) is 12.3 Å². The van der Waals surface area contributed by atoms with Crippen molar-refractivity contribution in [1.82, 2.24) is 9.59 Å². The highest BCUT2D eigenvalue weighted by Crippen LogP contribution is 2.47. The van der Waals surface area contributed by atoms with Gasteiger partial charge in [-0.2, -0.15) is 0 Å². The zero-order valence-electron chi connectivity index (χ0n) is 11.2. The third-order valence-electron chi connectivity index (χ3n) is 3.87. The Labute approximate surface area is 126 Å². The van der Waals surface area contributed by atoms with Gasteiger partial charge in [0.05, 0.1) is 4.70 Å². The summed E-state index contributed by atoms with van der Waals surface area (Å²) in [6.07, 6.45) is 0.931. The molecule has 104 valence electrons. The molecule has 2 aromatic carbocycles. The summed E-state index contributed by atoms with van der Waals surface area (Å²) in [5.41, 5.74) is 2.93. The first-order valence-electron chi connectivity index (χ1n) is 6.89. The minimum absolute atomic E-state index is 0.0858. The van der Waals surface area contributed by atoms with Crippen LogP contribution in [0, 0.1) is 5.92 Å². The number of aromatic nitrogens is 2. The third kappa shape index (κ3) is 2.40. The molecule has 1 heterocycles. The van der Waals surface area contributed by atoms with Crippen LogP contribution < -0.4 is 5.32 Å². The molecule has 0 bridgehead atoms. The van der Waals surface area contributed by atoms with Gasteiger partial charge in [-0.3, -0.25) is 4.79 Å². The van der Waals surface area contributed by atoms with Crippen LogP contribution in [-0.2, 0) is 4.79 Å². The maximum Gasteiger partial charge on any atom is 0.228 e. The maximum atomic E-state index is 12.3. The number of fused-ring (bicyclic) bond motifs is 1. The lowest BCUT2D eigenvalue weighted by molar-refractivity contribution is -0.117. The molecule has 1 unspecified atom stereocenters. The molecule has 21 heavy (non-hydrogen) atoms. The number of amides is 1. The number of benzene rings is 2. The number of carbonyl (C=O) groups excluding carboxylic acids is 1. The molecule has 0 radical (unpaired) electrons. The van der Waals surface area contributed by atoms with Gasteiger partial charge in [0.15, 0.2) is 0 Å². The van der Waals surface area contributed by atoms with Crippen LogP contribution in [0.2, 0.25) is 0 Å². The van der Waals surface area contributed by atoms with E-state index in [2.05, 4.69) is 27.0 Å². The Hall–Kier alpha value is -2.27. The van der Waals surface area contributed by atoms with Gasteiger partial charge in [0, 0.05) is 11.6 Å². The quantitative estimate of drug-likeness (QED) is 0.805. The van der Waals surface area contributed by atoms with Crippen LogP contribution in [0.3, 0.4) is 0 Å². The Morgan fingerprint density at radius 2 is 2.05 bits per heavy atom. The van der Waals surface area contributed by atoms with E-state index in [1.54, 1.807) is 0 Å². The van der Waals surface area contributed by atoms with Crippen molar-refractivity contribution in [2.24, 2.45) is 5.92 Å². The zero-order valence-corrected chi connectivity index (χ0v) is 12.0. The minimum Gasteiger partial charge on any atom is -0.326 e. The van der Waals surface area contributed by atoms with Crippen molar-refractivity contribution in [3.63, 3.8) is 0 Å². The normalized spacial score (nSPS) is 20.4. The Kier molecular flexibility index (Phi) is 2.93. The number of carbonyl (C=O) groups is 1. The highest BCUT2D eigenvalue weighted by Gasteiger charge is 2.43. The van der Waals surface area contributed by atoms with Gasteiger partial charge in [-0.15, -0.1) is 5.10 Å². The van der Waals surface area contributed by atoms with Crippen LogP contribution in [0.4, 0.5) is 5.69 Å². The molecule has 4 rings (SSSR count). The van der Waals surface area contributed by atoms with E-state index in [1.165, 1.54) is 17.1 Å². The molecule has 4 nitrogen and oxygen atoms in total. The Balaban J connectivity index is 1.47. The second kappa shape index (κ2) is 4.93. The molecule has 1 aliphatic rings.